The Morgan fingerprint density at radius 3 is 2.44 bits per heavy atom. The van der Waals surface area contributed by atoms with Crippen LogP contribution in [0.15, 0.2) is 35.4 Å². The number of hydrogen-bond acceptors (Lipinski definition) is 4. The van der Waals surface area contributed by atoms with Gasteiger partial charge in [-0.1, -0.05) is 12.1 Å². The molecule has 1 fully saturated rings. The monoisotopic (exact) mass is 394 g/mol. The third-order valence-corrected chi connectivity index (χ3v) is 6.79. The van der Waals surface area contributed by atoms with Crippen LogP contribution in [-0.2, 0) is 28.4 Å². The number of nitrogens with one attached hydrogen (secondary N) is 1. The Morgan fingerprint density at radius 1 is 1.26 bits per heavy atom. The standard InChI is InChI=1S/C18H23FN4O3S/c1-13-17(12-22(2)21-13)27(25,26)23-9-7-15(8-10-23)18(24)20-11-14-3-5-16(19)6-4-14/h3-6,12,15H,7-11H2,1-2H3,(H,20,24). The minimum atomic E-state index is -3.60. The fraction of sp³-hybridized carbons (Fsp3) is 0.444. The highest BCUT2D eigenvalue weighted by molar-refractivity contribution is 7.89. The minimum Gasteiger partial charge on any atom is -0.352 e. The summed E-state index contributed by atoms with van der Waals surface area (Å²) in [4.78, 5) is 12.6. The van der Waals surface area contributed by atoms with Gasteiger partial charge in [0.05, 0.1) is 5.69 Å². The first-order chi connectivity index (χ1) is 12.8. The molecule has 3 rings (SSSR count). The Labute approximate surface area is 158 Å². The van der Waals surface area contributed by atoms with Crippen molar-refractivity contribution in [1.29, 1.82) is 0 Å². The van der Waals surface area contributed by atoms with Gasteiger partial charge in [-0.05, 0) is 37.5 Å². The molecule has 0 radical (unpaired) electrons. The van der Waals surface area contributed by atoms with Gasteiger partial charge in [0.25, 0.3) is 0 Å². The fourth-order valence-corrected chi connectivity index (χ4v) is 4.93. The summed E-state index contributed by atoms with van der Waals surface area (Å²) in [7, 11) is -1.91. The van der Waals surface area contributed by atoms with Crippen molar-refractivity contribution in [2.24, 2.45) is 13.0 Å². The summed E-state index contributed by atoms with van der Waals surface area (Å²) in [5.74, 6) is -0.650. The maximum Gasteiger partial charge on any atom is 0.246 e. The largest absolute Gasteiger partial charge is 0.352 e. The second-order valence-corrected chi connectivity index (χ2v) is 8.68. The molecular formula is C18H23FN4O3S. The van der Waals surface area contributed by atoms with Crippen LogP contribution in [0.25, 0.3) is 0 Å². The molecule has 0 unspecified atom stereocenters. The van der Waals surface area contributed by atoms with Crippen molar-refractivity contribution < 1.29 is 17.6 Å². The van der Waals surface area contributed by atoms with Crippen molar-refractivity contribution in [1.82, 2.24) is 19.4 Å². The third kappa shape index (κ3) is 4.36. The molecule has 0 aliphatic carbocycles. The average molecular weight is 394 g/mol. The minimum absolute atomic E-state index is 0.103. The Hall–Kier alpha value is -2.26. The van der Waals surface area contributed by atoms with E-state index in [0.29, 0.717) is 38.2 Å². The summed E-state index contributed by atoms with van der Waals surface area (Å²) in [5.41, 5.74) is 1.29. The number of sulfonamides is 1. The summed E-state index contributed by atoms with van der Waals surface area (Å²) < 4.78 is 41.4. The number of rotatable bonds is 5. The van der Waals surface area contributed by atoms with Crippen molar-refractivity contribution in [3.8, 4) is 0 Å². The highest BCUT2D eigenvalue weighted by atomic mass is 32.2. The van der Waals surface area contributed by atoms with Crippen molar-refractivity contribution >= 4 is 15.9 Å². The molecular weight excluding hydrogens is 371 g/mol. The van der Waals surface area contributed by atoms with E-state index in [1.807, 2.05) is 0 Å². The lowest BCUT2D eigenvalue weighted by atomic mass is 9.97. The summed E-state index contributed by atoms with van der Waals surface area (Å²) >= 11 is 0. The second-order valence-electron chi connectivity index (χ2n) is 6.78. The van der Waals surface area contributed by atoms with E-state index in [1.165, 1.54) is 27.3 Å². The lowest BCUT2D eigenvalue weighted by molar-refractivity contribution is -0.126. The third-order valence-electron chi connectivity index (χ3n) is 4.79. The summed E-state index contributed by atoms with van der Waals surface area (Å²) in [6.45, 7) is 2.59. The molecule has 0 atom stereocenters. The molecule has 146 valence electrons. The zero-order valence-electron chi connectivity index (χ0n) is 15.4. The molecule has 0 spiro atoms. The van der Waals surface area contributed by atoms with Gasteiger partial charge < -0.3 is 5.32 Å². The van der Waals surface area contributed by atoms with E-state index < -0.39 is 10.0 Å². The van der Waals surface area contributed by atoms with Gasteiger partial charge in [-0.2, -0.15) is 9.40 Å². The number of carbonyl (C=O) groups excluding carboxylic acids is 1. The SMILES string of the molecule is Cc1nn(C)cc1S(=O)(=O)N1CCC(C(=O)NCc2ccc(F)cc2)CC1. The first kappa shape index (κ1) is 19.5. The maximum absolute atomic E-state index is 12.9. The summed E-state index contributed by atoms with van der Waals surface area (Å²) in [6.07, 6.45) is 2.44. The zero-order chi connectivity index (χ0) is 19.6. The van der Waals surface area contributed by atoms with Crippen LogP contribution in [0.5, 0.6) is 0 Å². The predicted molar refractivity (Wildman–Crippen MR) is 97.7 cm³/mol. The van der Waals surface area contributed by atoms with E-state index in [4.69, 9.17) is 0 Å². The number of carbonyl (C=O) groups is 1. The fourth-order valence-electron chi connectivity index (χ4n) is 3.26. The molecule has 1 aliphatic rings. The van der Waals surface area contributed by atoms with E-state index in [1.54, 1.807) is 26.1 Å². The van der Waals surface area contributed by atoms with Crippen LogP contribution in [0.2, 0.25) is 0 Å². The van der Waals surface area contributed by atoms with Crippen LogP contribution in [0.4, 0.5) is 4.39 Å². The van der Waals surface area contributed by atoms with Crippen LogP contribution < -0.4 is 5.32 Å². The first-order valence-corrected chi connectivity index (χ1v) is 10.2. The van der Waals surface area contributed by atoms with Crippen LogP contribution in [-0.4, -0.2) is 41.5 Å². The zero-order valence-corrected chi connectivity index (χ0v) is 16.2. The van der Waals surface area contributed by atoms with Crippen LogP contribution in [0.3, 0.4) is 0 Å². The van der Waals surface area contributed by atoms with Crippen molar-refractivity contribution in [3.05, 3.63) is 47.5 Å². The highest BCUT2D eigenvalue weighted by Gasteiger charge is 2.33. The smallest absolute Gasteiger partial charge is 0.246 e. The lowest BCUT2D eigenvalue weighted by Gasteiger charge is -2.30. The van der Waals surface area contributed by atoms with Gasteiger partial charge in [0.15, 0.2) is 0 Å². The van der Waals surface area contributed by atoms with Gasteiger partial charge in [-0.3, -0.25) is 9.48 Å². The Kier molecular flexibility index (Phi) is 5.61. The molecule has 7 nitrogen and oxygen atoms in total. The molecule has 27 heavy (non-hydrogen) atoms. The molecule has 1 amide bonds. The van der Waals surface area contributed by atoms with E-state index >= 15 is 0 Å². The van der Waals surface area contributed by atoms with E-state index in [-0.39, 0.29) is 22.5 Å². The van der Waals surface area contributed by atoms with Gasteiger partial charge in [0.1, 0.15) is 10.7 Å². The quantitative estimate of drug-likeness (QED) is 0.835. The molecule has 0 saturated carbocycles. The van der Waals surface area contributed by atoms with Gasteiger partial charge >= 0.3 is 0 Å². The second kappa shape index (κ2) is 7.77. The molecule has 1 aliphatic heterocycles. The van der Waals surface area contributed by atoms with E-state index in [2.05, 4.69) is 10.4 Å². The average Bonchev–Trinajstić information content (AvgIpc) is 3.00. The number of halogens is 1. The number of hydrogen-bond donors (Lipinski definition) is 1. The van der Waals surface area contributed by atoms with E-state index in [0.717, 1.165) is 5.56 Å². The van der Waals surface area contributed by atoms with Gasteiger partial charge in [-0.25, -0.2) is 12.8 Å². The topological polar surface area (TPSA) is 84.3 Å². The van der Waals surface area contributed by atoms with E-state index in [9.17, 15) is 17.6 Å². The van der Waals surface area contributed by atoms with Crippen molar-refractivity contribution in [3.63, 3.8) is 0 Å². The van der Waals surface area contributed by atoms with Crippen molar-refractivity contribution in [2.75, 3.05) is 13.1 Å². The Morgan fingerprint density at radius 2 is 1.89 bits per heavy atom. The number of nitrogens with zero attached hydrogens (tertiary/aromatic N) is 3. The first-order valence-electron chi connectivity index (χ1n) is 8.80. The predicted octanol–water partition coefficient (Wildman–Crippen LogP) is 1.58. The molecule has 1 saturated heterocycles. The number of aromatic nitrogens is 2. The maximum atomic E-state index is 12.9. The number of amides is 1. The summed E-state index contributed by atoms with van der Waals surface area (Å²) in [5, 5.41) is 6.94. The molecule has 9 heteroatoms. The van der Waals surface area contributed by atoms with Crippen LogP contribution >= 0.6 is 0 Å². The van der Waals surface area contributed by atoms with Crippen LogP contribution in [0, 0.1) is 18.7 Å². The number of benzene rings is 1. The Bertz CT molecular complexity index is 917. The molecule has 1 aromatic carbocycles. The van der Waals surface area contributed by atoms with Crippen LogP contribution in [0.1, 0.15) is 24.1 Å². The highest BCUT2D eigenvalue weighted by Crippen LogP contribution is 2.25. The normalized spacial score (nSPS) is 16.4. The number of aryl methyl sites for hydroxylation is 2. The molecule has 0 bridgehead atoms. The van der Waals surface area contributed by atoms with Gasteiger partial charge in [0, 0.05) is 38.8 Å². The molecule has 2 aromatic rings. The number of piperidine rings is 1. The van der Waals surface area contributed by atoms with Gasteiger partial charge in [-0.15, -0.1) is 0 Å². The van der Waals surface area contributed by atoms with Crippen molar-refractivity contribution in [2.45, 2.75) is 31.2 Å². The summed E-state index contributed by atoms with van der Waals surface area (Å²) in [6, 6.07) is 5.96. The molecule has 2 heterocycles. The molecule has 1 N–H and O–H groups in total. The Balaban J connectivity index is 1.55. The molecule has 1 aromatic heterocycles. The lowest BCUT2D eigenvalue weighted by Crippen LogP contribution is -2.42. The van der Waals surface area contributed by atoms with Gasteiger partial charge in [0.2, 0.25) is 15.9 Å².